The number of thiazole rings is 1. The summed E-state index contributed by atoms with van der Waals surface area (Å²) in [5.41, 5.74) is 0.955. The quantitative estimate of drug-likeness (QED) is 0.483. The molecule has 186 valence electrons. The molecular formula is C24H27N3O5S3. The zero-order valence-electron chi connectivity index (χ0n) is 19.4. The highest BCUT2D eigenvalue weighted by atomic mass is 32.2. The molecule has 1 saturated heterocycles. The van der Waals surface area contributed by atoms with Crippen LogP contribution < -0.4 is 14.3 Å². The minimum atomic E-state index is -3.65. The third-order valence-corrected chi connectivity index (χ3v) is 9.70. The van der Waals surface area contributed by atoms with Crippen LogP contribution in [0.15, 0.2) is 52.4 Å². The number of thioether (sulfide) groups is 1. The fourth-order valence-corrected chi connectivity index (χ4v) is 7.36. The SMILES string of the molecule is CSCCn1c(=NC(=O)C2CCCN(S(=O)(=O)c3ccccc3)C2)sc2cc3c(cc21)OCCO3. The molecule has 5 rings (SSSR count). The number of piperidine rings is 1. The number of amides is 1. The van der Waals surface area contributed by atoms with Crippen molar-refractivity contribution in [2.75, 3.05) is 38.3 Å². The molecule has 0 aliphatic carbocycles. The van der Waals surface area contributed by atoms with E-state index in [4.69, 9.17) is 9.47 Å². The van der Waals surface area contributed by atoms with Crippen LogP contribution in [0.5, 0.6) is 11.5 Å². The summed E-state index contributed by atoms with van der Waals surface area (Å²) in [5, 5.41) is 0. The molecule has 2 aliphatic rings. The highest BCUT2D eigenvalue weighted by Crippen LogP contribution is 2.35. The third kappa shape index (κ3) is 5.00. The van der Waals surface area contributed by atoms with Gasteiger partial charge in [-0.15, -0.1) is 0 Å². The molecule has 0 bridgehead atoms. The third-order valence-electron chi connectivity index (χ3n) is 6.19. The average Bonchev–Trinajstić information content (AvgIpc) is 3.22. The Morgan fingerprint density at radius 3 is 2.66 bits per heavy atom. The summed E-state index contributed by atoms with van der Waals surface area (Å²) in [6.45, 7) is 2.27. The maximum atomic E-state index is 13.3. The fraction of sp³-hybridized carbons (Fsp3) is 0.417. The lowest BCUT2D eigenvalue weighted by Gasteiger charge is -2.30. The van der Waals surface area contributed by atoms with E-state index in [9.17, 15) is 13.2 Å². The van der Waals surface area contributed by atoms with Gasteiger partial charge in [0, 0.05) is 37.5 Å². The second kappa shape index (κ2) is 10.3. The molecule has 0 radical (unpaired) electrons. The van der Waals surface area contributed by atoms with Gasteiger partial charge < -0.3 is 14.0 Å². The van der Waals surface area contributed by atoms with Crippen molar-refractivity contribution in [2.45, 2.75) is 24.3 Å². The van der Waals surface area contributed by atoms with Gasteiger partial charge in [-0.1, -0.05) is 29.5 Å². The Kier molecular flexibility index (Phi) is 7.19. The first-order valence-corrected chi connectivity index (χ1v) is 15.2. The van der Waals surface area contributed by atoms with Crippen LogP contribution in [0.3, 0.4) is 0 Å². The fourth-order valence-electron chi connectivity index (χ4n) is 4.38. The highest BCUT2D eigenvalue weighted by Gasteiger charge is 2.33. The van der Waals surface area contributed by atoms with Gasteiger partial charge in [0.15, 0.2) is 16.3 Å². The molecular weight excluding hydrogens is 506 g/mol. The minimum absolute atomic E-state index is 0.144. The van der Waals surface area contributed by atoms with E-state index in [1.165, 1.54) is 15.6 Å². The van der Waals surface area contributed by atoms with Gasteiger partial charge in [0.05, 0.1) is 21.0 Å². The van der Waals surface area contributed by atoms with Crippen molar-refractivity contribution in [3.05, 3.63) is 47.3 Å². The van der Waals surface area contributed by atoms with Gasteiger partial charge in [-0.2, -0.15) is 21.1 Å². The van der Waals surface area contributed by atoms with Crippen molar-refractivity contribution >= 4 is 49.2 Å². The zero-order valence-corrected chi connectivity index (χ0v) is 21.8. The maximum Gasteiger partial charge on any atom is 0.252 e. The first kappa shape index (κ1) is 24.4. The van der Waals surface area contributed by atoms with E-state index in [2.05, 4.69) is 4.99 Å². The number of carbonyl (C=O) groups is 1. The van der Waals surface area contributed by atoms with E-state index in [0.717, 1.165) is 16.0 Å². The molecule has 3 heterocycles. The van der Waals surface area contributed by atoms with Gasteiger partial charge in [0.2, 0.25) is 10.0 Å². The molecule has 0 N–H and O–H groups in total. The Hall–Kier alpha value is -2.34. The molecule has 1 amide bonds. The summed E-state index contributed by atoms with van der Waals surface area (Å²) in [5.74, 6) is 1.52. The topological polar surface area (TPSA) is 90.2 Å². The van der Waals surface area contributed by atoms with E-state index in [-0.39, 0.29) is 17.3 Å². The van der Waals surface area contributed by atoms with Crippen LogP contribution in [0.1, 0.15) is 12.8 Å². The van der Waals surface area contributed by atoms with Gasteiger partial charge >= 0.3 is 0 Å². The number of sulfonamides is 1. The summed E-state index contributed by atoms with van der Waals surface area (Å²) in [6, 6.07) is 12.3. The van der Waals surface area contributed by atoms with E-state index in [0.29, 0.717) is 55.4 Å². The number of aromatic nitrogens is 1. The summed E-state index contributed by atoms with van der Waals surface area (Å²) in [6.07, 6.45) is 3.28. The predicted octanol–water partition coefficient (Wildman–Crippen LogP) is 3.37. The van der Waals surface area contributed by atoms with Crippen molar-refractivity contribution in [3.8, 4) is 11.5 Å². The molecule has 0 spiro atoms. The molecule has 2 aliphatic heterocycles. The van der Waals surface area contributed by atoms with Crippen molar-refractivity contribution in [1.29, 1.82) is 0 Å². The minimum Gasteiger partial charge on any atom is -0.486 e. The van der Waals surface area contributed by atoms with Crippen LogP contribution in [0, 0.1) is 5.92 Å². The normalized spacial score (nSPS) is 19.2. The molecule has 0 saturated carbocycles. The largest absolute Gasteiger partial charge is 0.486 e. The number of nitrogens with zero attached hydrogens (tertiary/aromatic N) is 3. The Bertz CT molecular complexity index is 1400. The van der Waals surface area contributed by atoms with Crippen LogP contribution >= 0.6 is 23.1 Å². The lowest BCUT2D eigenvalue weighted by atomic mass is 9.99. The van der Waals surface area contributed by atoms with E-state index < -0.39 is 15.9 Å². The number of carbonyl (C=O) groups excluding carboxylic acids is 1. The number of ether oxygens (including phenoxy) is 2. The lowest BCUT2D eigenvalue weighted by molar-refractivity contribution is -0.122. The number of hydrogen-bond donors (Lipinski definition) is 0. The summed E-state index contributed by atoms with van der Waals surface area (Å²) >= 11 is 3.16. The van der Waals surface area contributed by atoms with Crippen molar-refractivity contribution in [3.63, 3.8) is 0 Å². The summed E-state index contributed by atoms with van der Waals surface area (Å²) < 4.78 is 42.1. The first-order valence-electron chi connectivity index (χ1n) is 11.5. The molecule has 35 heavy (non-hydrogen) atoms. The number of aryl methyl sites for hydroxylation is 1. The maximum absolute atomic E-state index is 13.3. The van der Waals surface area contributed by atoms with Gasteiger partial charge in [-0.25, -0.2) is 8.42 Å². The average molecular weight is 534 g/mol. The molecule has 1 unspecified atom stereocenters. The Morgan fingerprint density at radius 1 is 1.17 bits per heavy atom. The smallest absolute Gasteiger partial charge is 0.252 e. The van der Waals surface area contributed by atoms with E-state index >= 15 is 0 Å². The van der Waals surface area contributed by atoms with Crippen LogP contribution in [-0.2, 0) is 21.4 Å². The van der Waals surface area contributed by atoms with Gasteiger partial charge in [-0.05, 0) is 31.2 Å². The van der Waals surface area contributed by atoms with Crippen LogP contribution in [-0.4, -0.2) is 61.5 Å². The molecule has 1 aromatic heterocycles. The van der Waals surface area contributed by atoms with Crippen molar-refractivity contribution < 1.29 is 22.7 Å². The first-order chi connectivity index (χ1) is 17.0. The van der Waals surface area contributed by atoms with Gasteiger partial charge in [-0.3, -0.25) is 4.79 Å². The second-order valence-corrected chi connectivity index (χ2v) is 12.4. The van der Waals surface area contributed by atoms with Crippen LogP contribution in [0.25, 0.3) is 10.2 Å². The molecule has 1 atom stereocenters. The van der Waals surface area contributed by atoms with Crippen LogP contribution in [0.4, 0.5) is 0 Å². The molecule has 11 heteroatoms. The van der Waals surface area contributed by atoms with E-state index in [1.54, 1.807) is 42.1 Å². The Morgan fingerprint density at radius 2 is 1.91 bits per heavy atom. The molecule has 8 nitrogen and oxygen atoms in total. The van der Waals surface area contributed by atoms with Gasteiger partial charge in [0.1, 0.15) is 13.2 Å². The number of fused-ring (bicyclic) bond motifs is 2. The molecule has 2 aromatic carbocycles. The number of rotatable bonds is 6. The number of benzene rings is 2. The van der Waals surface area contributed by atoms with E-state index in [1.807, 2.05) is 23.0 Å². The predicted molar refractivity (Wildman–Crippen MR) is 138 cm³/mol. The number of hydrogen-bond acceptors (Lipinski definition) is 7. The summed E-state index contributed by atoms with van der Waals surface area (Å²) in [4.78, 5) is 18.7. The zero-order chi connectivity index (χ0) is 24.4. The second-order valence-electron chi connectivity index (χ2n) is 8.46. The highest BCUT2D eigenvalue weighted by molar-refractivity contribution is 7.98. The van der Waals surface area contributed by atoms with Gasteiger partial charge in [0.25, 0.3) is 5.91 Å². The van der Waals surface area contributed by atoms with Crippen LogP contribution in [0.2, 0.25) is 0 Å². The molecule has 1 fully saturated rings. The van der Waals surface area contributed by atoms with Crippen molar-refractivity contribution in [2.24, 2.45) is 10.9 Å². The lowest BCUT2D eigenvalue weighted by Crippen LogP contribution is -2.42. The van der Waals surface area contributed by atoms with Crippen molar-refractivity contribution in [1.82, 2.24) is 8.87 Å². The summed E-state index contributed by atoms with van der Waals surface area (Å²) in [7, 11) is -3.65. The molecule has 3 aromatic rings. The standard InChI is InChI=1S/C24H27N3O5S3/c1-33-13-10-27-19-14-20-21(32-12-11-31-20)15-22(19)34-24(27)25-23(28)17-6-5-9-26(16-17)35(29,30)18-7-3-2-4-8-18/h2-4,7-8,14-15,17H,5-6,9-13,16H2,1H3. The Labute approximate surface area is 212 Å². The Balaban J connectivity index is 1.46. The monoisotopic (exact) mass is 533 g/mol.